The topological polar surface area (TPSA) is 49.9 Å². The van der Waals surface area contributed by atoms with E-state index in [4.69, 9.17) is 4.74 Å². The lowest BCUT2D eigenvalue weighted by Crippen LogP contribution is -2.52. The minimum atomic E-state index is -0.518. The Morgan fingerprint density at radius 2 is 1.62 bits per heavy atom. The van der Waals surface area contributed by atoms with E-state index in [0.29, 0.717) is 31.9 Å². The molecule has 1 saturated heterocycles. The summed E-state index contributed by atoms with van der Waals surface area (Å²) in [6.45, 7) is 7.44. The van der Waals surface area contributed by atoms with Crippen LogP contribution in [0.2, 0.25) is 0 Å². The first kappa shape index (κ1) is 18.6. The third kappa shape index (κ3) is 5.70. The summed E-state index contributed by atoms with van der Waals surface area (Å²) in [5, 5.41) is 0. The summed E-state index contributed by atoms with van der Waals surface area (Å²) >= 11 is 1.38. The van der Waals surface area contributed by atoms with Crippen LogP contribution in [0.25, 0.3) is 0 Å². The third-order valence-corrected chi connectivity index (χ3v) is 4.46. The van der Waals surface area contributed by atoms with Gasteiger partial charge in [-0.05, 0) is 45.0 Å². The number of piperazine rings is 1. The van der Waals surface area contributed by atoms with Gasteiger partial charge < -0.3 is 14.5 Å². The fourth-order valence-electron chi connectivity index (χ4n) is 2.23. The van der Waals surface area contributed by atoms with Crippen LogP contribution in [0.5, 0.6) is 0 Å². The van der Waals surface area contributed by atoms with Crippen molar-refractivity contribution < 1.29 is 18.7 Å². The highest BCUT2D eigenvalue weighted by Gasteiger charge is 2.27. The predicted molar refractivity (Wildman–Crippen MR) is 91.5 cm³/mol. The second-order valence-corrected chi connectivity index (χ2v) is 7.64. The summed E-state index contributed by atoms with van der Waals surface area (Å²) in [5.41, 5.74) is -0.518. The average molecular weight is 354 g/mol. The Morgan fingerprint density at radius 1 is 1.08 bits per heavy atom. The number of hydrogen-bond donors (Lipinski definition) is 0. The van der Waals surface area contributed by atoms with E-state index in [1.807, 2.05) is 20.8 Å². The van der Waals surface area contributed by atoms with E-state index < -0.39 is 5.60 Å². The van der Waals surface area contributed by atoms with Crippen LogP contribution in [0, 0.1) is 5.82 Å². The van der Waals surface area contributed by atoms with E-state index in [1.54, 1.807) is 21.9 Å². The van der Waals surface area contributed by atoms with E-state index in [9.17, 15) is 14.0 Å². The van der Waals surface area contributed by atoms with Crippen molar-refractivity contribution >= 4 is 23.8 Å². The van der Waals surface area contributed by atoms with Crippen molar-refractivity contribution in [2.24, 2.45) is 0 Å². The van der Waals surface area contributed by atoms with E-state index in [2.05, 4.69) is 0 Å². The SMILES string of the molecule is CC(C)(C)OC(=O)N1CCN(C(=O)CSc2ccc(F)cc2)CC1. The molecule has 1 aromatic rings. The molecule has 0 aliphatic carbocycles. The maximum absolute atomic E-state index is 12.9. The van der Waals surface area contributed by atoms with Crippen LogP contribution >= 0.6 is 11.8 Å². The van der Waals surface area contributed by atoms with Gasteiger partial charge in [0, 0.05) is 31.1 Å². The van der Waals surface area contributed by atoms with Gasteiger partial charge in [-0.25, -0.2) is 9.18 Å². The summed E-state index contributed by atoms with van der Waals surface area (Å²) in [7, 11) is 0. The Morgan fingerprint density at radius 3 is 2.17 bits per heavy atom. The molecule has 0 radical (unpaired) electrons. The molecule has 24 heavy (non-hydrogen) atoms. The zero-order chi connectivity index (χ0) is 17.7. The molecule has 0 aromatic heterocycles. The number of ether oxygens (including phenoxy) is 1. The molecule has 0 N–H and O–H groups in total. The highest BCUT2D eigenvalue weighted by atomic mass is 32.2. The lowest BCUT2D eigenvalue weighted by Gasteiger charge is -2.35. The summed E-state index contributed by atoms with van der Waals surface area (Å²) in [4.78, 5) is 28.5. The summed E-state index contributed by atoms with van der Waals surface area (Å²) < 4.78 is 18.2. The molecule has 0 bridgehead atoms. The van der Waals surface area contributed by atoms with Gasteiger partial charge in [0.05, 0.1) is 5.75 Å². The molecule has 7 heteroatoms. The predicted octanol–water partition coefficient (Wildman–Crippen LogP) is 3.00. The molecule has 5 nitrogen and oxygen atoms in total. The summed E-state index contributed by atoms with van der Waals surface area (Å²) in [6.07, 6.45) is -0.338. The standard InChI is InChI=1S/C17H23FN2O3S/c1-17(2,3)23-16(22)20-10-8-19(9-11-20)15(21)12-24-14-6-4-13(18)5-7-14/h4-7H,8-12H2,1-3H3. The van der Waals surface area contributed by atoms with Crippen LogP contribution in [0.1, 0.15) is 20.8 Å². The molecular weight excluding hydrogens is 331 g/mol. The second-order valence-electron chi connectivity index (χ2n) is 6.59. The van der Waals surface area contributed by atoms with Crippen LogP contribution in [-0.2, 0) is 9.53 Å². The van der Waals surface area contributed by atoms with Gasteiger partial charge in [0.1, 0.15) is 11.4 Å². The molecule has 1 aliphatic rings. The van der Waals surface area contributed by atoms with Gasteiger partial charge in [0.15, 0.2) is 0 Å². The number of carbonyl (C=O) groups is 2. The number of hydrogen-bond acceptors (Lipinski definition) is 4. The second kappa shape index (κ2) is 7.88. The maximum atomic E-state index is 12.9. The average Bonchev–Trinajstić information content (AvgIpc) is 2.52. The van der Waals surface area contributed by atoms with E-state index in [-0.39, 0.29) is 17.8 Å². The highest BCUT2D eigenvalue weighted by Crippen LogP contribution is 2.19. The van der Waals surface area contributed by atoms with Crippen molar-refractivity contribution in [1.82, 2.24) is 9.80 Å². The number of thioether (sulfide) groups is 1. The van der Waals surface area contributed by atoms with E-state index in [1.165, 1.54) is 23.9 Å². The molecule has 1 heterocycles. The van der Waals surface area contributed by atoms with Gasteiger partial charge in [-0.2, -0.15) is 0 Å². The number of benzene rings is 1. The van der Waals surface area contributed by atoms with Crippen LogP contribution in [0.4, 0.5) is 9.18 Å². The molecule has 2 rings (SSSR count). The summed E-state index contributed by atoms with van der Waals surface area (Å²) in [5.74, 6) is 0.0371. The van der Waals surface area contributed by atoms with E-state index in [0.717, 1.165) is 4.90 Å². The normalized spacial score (nSPS) is 15.3. The molecule has 1 aliphatic heterocycles. The van der Waals surface area contributed by atoms with Crippen molar-refractivity contribution in [3.8, 4) is 0 Å². The molecule has 132 valence electrons. The van der Waals surface area contributed by atoms with Crippen molar-refractivity contribution in [3.05, 3.63) is 30.1 Å². The molecular formula is C17H23FN2O3S. The molecule has 0 spiro atoms. The molecule has 1 fully saturated rings. The van der Waals surface area contributed by atoms with Gasteiger partial charge in [0.25, 0.3) is 0 Å². The molecule has 2 amide bonds. The fraction of sp³-hybridized carbons (Fsp3) is 0.529. The lowest BCUT2D eigenvalue weighted by molar-refractivity contribution is -0.130. The van der Waals surface area contributed by atoms with E-state index >= 15 is 0 Å². The largest absolute Gasteiger partial charge is 0.444 e. The number of amides is 2. The van der Waals surface area contributed by atoms with Crippen molar-refractivity contribution in [3.63, 3.8) is 0 Å². The van der Waals surface area contributed by atoms with Gasteiger partial charge in [-0.3, -0.25) is 4.79 Å². The third-order valence-electron chi connectivity index (χ3n) is 3.46. The van der Waals surface area contributed by atoms with Crippen LogP contribution in [0.3, 0.4) is 0 Å². The Kier molecular flexibility index (Phi) is 6.10. The first-order valence-corrected chi connectivity index (χ1v) is 8.87. The molecule has 0 atom stereocenters. The van der Waals surface area contributed by atoms with Gasteiger partial charge in [-0.15, -0.1) is 11.8 Å². The molecule has 0 saturated carbocycles. The van der Waals surface area contributed by atoms with Gasteiger partial charge in [-0.1, -0.05) is 0 Å². The first-order chi connectivity index (χ1) is 11.2. The zero-order valence-corrected chi connectivity index (χ0v) is 15.1. The van der Waals surface area contributed by atoms with Crippen LogP contribution in [0.15, 0.2) is 29.2 Å². The zero-order valence-electron chi connectivity index (χ0n) is 14.3. The van der Waals surface area contributed by atoms with Crippen LogP contribution in [-0.4, -0.2) is 59.3 Å². The van der Waals surface area contributed by atoms with Crippen LogP contribution < -0.4 is 0 Å². The number of nitrogens with zero attached hydrogens (tertiary/aromatic N) is 2. The fourth-order valence-corrected chi connectivity index (χ4v) is 3.03. The Balaban J connectivity index is 1.76. The van der Waals surface area contributed by atoms with Gasteiger partial charge in [0.2, 0.25) is 5.91 Å². The van der Waals surface area contributed by atoms with Gasteiger partial charge >= 0.3 is 6.09 Å². The molecule has 0 unspecified atom stereocenters. The maximum Gasteiger partial charge on any atom is 0.410 e. The smallest absolute Gasteiger partial charge is 0.410 e. The Hall–Kier alpha value is -1.76. The minimum absolute atomic E-state index is 0.0214. The number of carbonyl (C=O) groups excluding carboxylic acids is 2. The Bertz CT molecular complexity index is 578. The minimum Gasteiger partial charge on any atom is -0.444 e. The lowest BCUT2D eigenvalue weighted by atomic mass is 10.2. The monoisotopic (exact) mass is 354 g/mol. The summed E-state index contributed by atoms with van der Waals surface area (Å²) in [6, 6.07) is 6.08. The van der Waals surface area contributed by atoms with Crippen molar-refractivity contribution in [2.75, 3.05) is 31.9 Å². The Labute approximate surface area is 146 Å². The van der Waals surface area contributed by atoms with Crippen molar-refractivity contribution in [1.29, 1.82) is 0 Å². The molecule has 1 aromatic carbocycles. The quantitative estimate of drug-likeness (QED) is 0.783. The highest BCUT2D eigenvalue weighted by molar-refractivity contribution is 8.00. The number of rotatable bonds is 3. The first-order valence-electron chi connectivity index (χ1n) is 7.89. The van der Waals surface area contributed by atoms with Crippen molar-refractivity contribution in [2.45, 2.75) is 31.3 Å². The number of halogens is 1.